The maximum atomic E-state index is 14.4. The maximum absolute atomic E-state index is 14.4. The predicted molar refractivity (Wildman–Crippen MR) is 82.7 cm³/mol. The molecule has 1 aliphatic heterocycles. The summed E-state index contributed by atoms with van der Waals surface area (Å²) in [5.41, 5.74) is 6.71. The highest BCUT2D eigenvalue weighted by molar-refractivity contribution is 7.15. The summed E-state index contributed by atoms with van der Waals surface area (Å²) in [4.78, 5) is 6.81. The molecular formula is C15H17F2N3S. The summed E-state index contributed by atoms with van der Waals surface area (Å²) < 4.78 is 28.8. The van der Waals surface area contributed by atoms with Gasteiger partial charge in [0, 0.05) is 23.0 Å². The highest BCUT2D eigenvalue weighted by Gasteiger charge is 2.27. The monoisotopic (exact) mass is 309 g/mol. The first-order valence-corrected chi connectivity index (χ1v) is 7.78. The molecule has 1 aromatic carbocycles. The van der Waals surface area contributed by atoms with Crippen molar-refractivity contribution in [3.63, 3.8) is 0 Å². The van der Waals surface area contributed by atoms with Crippen molar-refractivity contribution in [1.82, 2.24) is 4.98 Å². The molecule has 1 unspecified atom stereocenters. The molecule has 2 aromatic rings. The number of anilines is 2. The summed E-state index contributed by atoms with van der Waals surface area (Å²) in [6, 6.07) is 2.87. The van der Waals surface area contributed by atoms with Crippen LogP contribution in [0.1, 0.15) is 24.6 Å². The number of hydrogen-bond acceptors (Lipinski definition) is 4. The zero-order valence-electron chi connectivity index (χ0n) is 12.0. The van der Waals surface area contributed by atoms with E-state index in [0.29, 0.717) is 22.9 Å². The molecule has 0 aliphatic carbocycles. The second kappa shape index (κ2) is 5.26. The molecule has 0 bridgehead atoms. The molecule has 1 fully saturated rings. The van der Waals surface area contributed by atoms with Crippen molar-refractivity contribution in [1.29, 1.82) is 0 Å². The minimum absolute atomic E-state index is 0.0737. The molecule has 1 aliphatic rings. The van der Waals surface area contributed by atoms with Crippen LogP contribution in [0.5, 0.6) is 0 Å². The molecule has 21 heavy (non-hydrogen) atoms. The van der Waals surface area contributed by atoms with Crippen LogP contribution in [0.15, 0.2) is 12.1 Å². The number of thiazole rings is 1. The third-order valence-corrected chi connectivity index (χ3v) is 4.74. The fourth-order valence-corrected chi connectivity index (χ4v) is 3.64. The maximum Gasteiger partial charge on any atom is 0.180 e. The lowest BCUT2D eigenvalue weighted by molar-refractivity contribution is 0.568. The molecule has 0 amide bonds. The number of halogens is 2. The Hall–Kier alpha value is -1.69. The molecule has 0 spiro atoms. The summed E-state index contributed by atoms with van der Waals surface area (Å²) in [5.74, 6) is -1.07. The SMILES string of the molecule is Cc1sc(N)nc1-c1cc(F)c(N2CCCC2C)c(F)c1. The minimum Gasteiger partial charge on any atom is -0.375 e. The number of rotatable bonds is 2. The molecule has 3 nitrogen and oxygen atoms in total. The van der Waals surface area contributed by atoms with Crippen molar-refractivity contribution in [3.05, 3.63) is 28.6 Å². The lowest BCUT2D eigenvalue weighted by Gasteiger charge is -2.25. The van der Waals surface area contributed by atoms with Crippen molar-refractivity contribution >= 4 is 22.2 Å². The molecule has 2 N–H and O–H groups in total. The van der Waals surface area contributed by atoms with Crippen LogP contribution in [0.25, 0.3) is 11.3 Å². The van der Waals surface area contributed by atoms with Gasteiger partial charge in [0.1, 0.15) is 17.3 Å². The Labute approximate surface area is 126 Å². The number of aryl methyl sites for hydroxylation is 1. The van der Waals surface area contributed by atoms with E-state index in [0.717, 1.165) is 17.7 Å². The smallest absolute Gasteiger partial charge is 0.180 e. The number of nitrogen functional groups attached to an aromatic ring is 1. The van der Waals surface area contributed by atoms with E-state index in [1.807, 2.05) is 13.8 Å². The van der Waals surface area contributed by atoms with Crippen molar-refractivity contribution in [3.8, 4) is 11.3 Å². The van der Waals surface area contributed by atoms with E-state index in [1.165, 1.54) is 23.5 Å². The van der Waals surface area contributed by atoms with Crippen LogP contribution in [0, 0.1) is 18.6 Å². The summed E-state index contributed by atoms with van der Waals surface area (Å²) in [6.45, 7) is 4.53. The van der Waals surface area contributed by atoms with Gasteiger partial charge in [-0.3, -0.25) is 0 Å². The van der Waals surface area contributed by atoms with Gasteiger partial charge in [-0.05, 0) is 38.8 Å². The Morgan fingerprint density at radius 2 is 2.00 bits per heavy atom. The van der Waals surface area contributed by atoms with Gasteiger partial charge in [-0.25, -0.2) is 13.8 Å². The van der Waals surface area contributed by atoms with Crippen molar-refractivity contribution in [2.45, 2.75) is 32.7 Å². The Morgan fingerprint density at radius 3 is 2.48 bits per heavy atom. The Balaban J connectivity index is 2.06. The highest BCUT2D eigenvalue weighted by Crippen LogP contribution is 2.35. The Kier molecular flexibility index (Phi) is 3.57. The molecular weight excluding hydrogens is 292 g/mol. The van der Waals surface area contributed by atoms with E-state index in [-0.39, 0.29) is 11.7 Å². The normalized spacial score (nSPS) is 18.5. The summed E-state index contributed by atoms with van der Waals surface area (Å²) in [7, 11) is 0. The van der Waals surface area contributed by atoms with Gasteiger partial charge in [-0.2, -0.15) is 0 Å². The van der Waals surface area contributed by atoms with Crippen molar-refractivity contribution in [2.24, 2.45) is 0 Å². The second-order valence-corrected chi connectivity index (χ2v) is 6.66. The molecule has 3 rings (SSSR count). The molecule has 2 heterocycles. The van der Waals surface area contributed by atoms with Crippen LogP contribution in [-0.2, 0) is 0 Å². The van der Waals surface area contributed by atoms with E-state index >= 15 is 0 Å². The van der Waals surface area contributed by atoms with E-state index < -0.39 is 11.6 Å². The van der Waals surface area contributed by atoms with Crippen LogP contribution >= 0.6 is 11.3 Å². The van der Waals surface area contributed by atoms with Gasteiger partial charge in [-0.1, -0.05) is 0 Å². The van der Waals surface area contributed by atoms with Gasteiger partial charge in [0.15, 0.2) is 5.13 Å². The number of hydrogen-bond donors (Lipinski definition) is 1. The van der Waals surface area contributed by atoms with Gasteiger partial charge in [-0.15, -0.1) is 11.3 Å². The number of benzene rings is 1. The highest BCUT2D eigenvalue weighted by atomic mass is 32.1. The molecule has 6 heteroatoms. The Bertz CT molecular complexity index is 661. The van der Waals surface area contributed by atoms with Crippen LogP contribution in [0.2, 0.25) is 0 Å². The number of nitrogens with two attached hydrogens (primary N) is 1. The molecule has 1 aromatic heterocycles. The summed E-state index contributed by atoms with van der Waals surface area (Å²) in [5, 5.41) is 0.403. The average Bonchev–Trinajstić information content (AvgIpc) is 2.95. The standard InChI is InChI=1S/C15H17F2N3S/c1-8-4-3-5-20(8)14-11(16)6-10(7-12(14)17)13-9(2)21-15(18)19-13/h6-8H,3-5H2,1-2H3,(H2,18,19). The second-order valence-electron chi connectivity index (χ2n) is 5.43. The van der Waals surface area contributed by atoms with Gasteiger partial charge < -0.3 is 10.6 Å². The third-order valence-electron chi connectivity index (χ3n) is 3.94. The number of aromatic nitrogens is 1. The number of nitrogens with zero attached hydrogens (tertiary/aromatic N) is 2. The van der Waals surface area contributed by atoms with Crippen LogP contribution in [0.3, 0.4) is 0 Å². The van der Waals surface area contributed by atoms with Crippen LogP contribution in [0.4, 0.5) is 19.6 Å². The fourth-order valence-electron chi connectivity index (χ4n) is 2.93. The Morgan fingerprint density at radius 1 is 1.33 bits per heavy atom. The first-order valence-electron chi connectivity index (χ1n) is 6.96. The first kappa shape index (κ1) is 14.3. The van der Waals surface area contributed by atoms with Gasteiger partial charge in [0.25, 0.3) is 0 Å². The zero-order chi connectivity index (χ0) is 15.1. The van der Waals surface area contributed by atoms with Gasteiger partial charge in [0.2, 0.25) is 0 Å². The summed E-state index contributed by atoms with van der Waals surface area (Å²) >= 11 is 1.32. The molecule has 1 atom stereocenters. The molecule has 0 saturated carbocycles. The van der Waals surface area contributed by atoms with Crippen LogP contribution in [-0.4, -0.2) is 17.6 Å². The van der Waals surface area contributed by atoms with Crippen molar-refractivity contribution < 1.29 is 8.78 Å². The minimum atomic E-state index is -0.537. The summed E-state index contributed by atoms with van der Waals surface area (Å²) in [6.07, 6.45) is 1.92. The zero-order valence-corrected chi connectivity index (χ0v) is 12.8. The predicted octanol–water partition coefficient (Wildman–Crippen LogP) is 3.97. The molecule has 112 valence electrons. The largest absolute Gasteiger partial charge is 0.375 e. The van der Waals surface area contributed by atoms with Crippen molar-refractivity contribution in [2.75, 3.05) is 17.2 Å². The molecule has 1 saturated heterocycles. The molecule has 0 radical (unpaired) electrons. The van der Waals surface area contributed by atoms with Gasteiger partial charge >= 0.3 is 0 Å². The quantitative estimate of drug-likeness (QED) is 0.913. The lowest BCUT2D eigenvalue weighted by Crippen LogP contribution is -2.28. The van der Waals surface area contributed by atoms with E-state index in [2.05, 4.69) is 4.98 Å². The lowest BCUT2D eigenvalue weighted by atomic mass is 10.1. The van der Waals surface area contributed by atoms with Gasteiger partial charge in [0.05, 0.1) is 5.69 Å². The average molecular weight is 309 g/mol. The van der Waals surface area contributed by atoms with E-state index in [1.54, 1.807) is 4.90 Å². The third kappa shape index (κ3) is 2.48. The van der Waals surface area contributed by atoms with E-state index in [4.69, 9.17) is 5.73 Å². The first-order chi connectivity index (χ1) is 9.97. The van der Waals surface area contributed by atoms with Crippen LogP contribution < -0.4 is 10.6 Å². The topological polar surface area (TPSA) is 42.1 Å². The van der Waals surface area contributed by atoms with E-state index in [9.17, 15) is 8.78 Å². The fraction of sp³-hybridized carbons (Fsp3) is 0.400.